The van der Waals surface area contributed by atoms with Crippen LogP contribution in [0.1, 0.15) is 0 Å². The van der Waals surface area contributed by atoms with Crippen LogP contribution in [0, 0.1) is 0 Å². The zero-order valence-electron chi connectivity index (χ0n) is 7.77. The Morgan fingerprint density at radius 3 is 2.87 bits per heavy atom. The maximum Gasteiger partial charge on any atom is 0.239 e. The highest BCUT2D eigenvalue weighted by atomic mass is 16.3. The van der Waals surface area contributed by atoms with E-state index < -0.39 is 0 Å². The van der Waals surface area contributed by atoms with Gasteiger partial charge in [-0.1, -0.05) is 18.2 Å². The molecule has 0 unspecified atom stereocenters. The molecule has 0 atom stereocenters. The summed E-state index contributed by atoms with van der Waals surface area (Å²) in [5, 5.41) is 7.48. The van der Waals surface area contributed by atoms with Crippen molar-refractivity contribution in [3.05, 3.63) is 30.3 Å². The molecule has 0 aliphatic carbocycles. The standard InChI is InChI=1S/C10H8N4O/c11-10-12-9(13-14-10)8-5-6-3-1-2-4-7(6)15-8/h1-5H,(H3,11,12,13,14). The summed E-state index contributed by atoms with van der Waals surface area (Å²) >= 11 is 0. The van der Waals surface area contributed by atoms with Gasteiger partial charge in [-0.05, 0) is 12.1 Å². The molecule has 15 heavy (non-hydrogen) atoms. The number of fused-ring (bicyclic) bond motifs is 1. The second-order valence-electron chi connectivity index (χ2n) is 3.19. The highest BCUT2D eigenvalue weighted by molar-refractivity contribution is 5.81. The van der Waals surface area contributed by atoms with Crippen LogP contribution in [0.15, 0.2) is 34.7 Å². The van der Waals surface area contributed by atoms with E-state index in [0.29, 0.717) is 11.6 Å². The monoisotopic (exact) mass is 200 g/mol. The molecule has 0 amide bonds. The third-order valence-corrected chi connectivity index (χ3v) is 2.16. The predicted octanol–water partition coefficient (Wildman–Crippen LogP) is 1.80. The number of hydrogen-bond acceptors (Lipinski definition) is 4. The fraction of sp³-hybridized carbons (Fsp3) is 0. The van der Waals surface area contributed by atoms with E-state index in [-0.39, 0.29) is 5.95 Å². The van der Waals surface area contributed by atoms with Crippen molar-refractivity contribution in [3.8, 4) is 11.6 Å². The molecule has 0 fully saturated rings. The van der Waals surface area contributed by atoms with E-state index in [9.17, 15) is 0 Å². The summed E-state index contributed by atoms with van der Waals surface area (Å²) < 4.78 is 5.58. The Balaban J connectivity index is 2.19. The first-order chi connectivity index (χ1) is 7.33. The van der Waals surface area contributed by atoms with Crippen LogP contribution in [-0.2, 0) is 0 Å². The number of anilines is 1. The van der Waals surface area contributed by atoms with Crippen molar-refractivity contribution in [2.24, 2.45) is 0 Å². The summed E-state index contributed by atoms with van der Waals surface area (Å²) in [6.45, 7) is 0. The Bertz CT molecular complexity index is 577. The average Bonchev–Trinajstić information content (AvgIpc) is 2.82. The number of rotatable bonds is 1. The van der Waals surface area contributed by atoms with Gasteiger partial charge < -0.3 is 10.2 Å². The third-order valence-electron chi connectivity index (χ3n) is 2.16. The number of furan rings is 1. The Hall–Kier alpha value is -2.30. The number of nitrogens with zero attached hydrogens (tertiary/aromatic N) is 2. The molecule has 0 saturated carbocycles. The first-order valence-corrected chi connectivity index (χ1v) is 4.50. The first kappa shape index (κ1) is 8.05. The number of nitrogens with two attached hydrogens (primary N) is 1. The number of benzene rings is 1. The molecule has 0 aliphatic heterocycles. The number of aromatic nitrogens is 3. The number of aromatic amines is 1. The maximum atomic E-state index is 5.58. The second-order valence-corrected chi connectivity index (χ2v) is 3.19. The van der Waals surface area contributed by atoms with Crippen LogP contribution in [0.25, 0.3) is 22.6 Å². The molecule has 2 aromatic heterocycles. The SMILES string of the molecule is Nc1n[nH]c(-c2cc3ccccc3o2)n1. The van der Waals surface area contributed by atoms with Gasteiger partial charge in [0, 0.05) is 5.39 Å². The summed E-state index contributed by atoms with van der Waals surface area (Å²) in [5.41, 5.74) is 6.24. The molecule has 5 heteroatoms. The lowest BCUT2D eigenvalue weighted by atomic mass is 10.2. The van der Waals surface area contributed by atoms with Gasteiger partial charge in [0.15, 0.2) is 11.6 Å². The van der Waals surface area contributed by atoms with Gasteiger partial charge in [-0.2, -0.15) is 4.98 Å². The number of nitrogens with one attached hydrogen (secondary N) is 1. The summed E-state index contributed by atoms with van der Waals surface area (Å²) in [6, 6.07) is 9.65. The van der Waals surface area contributed by atoms with E-state index >= 15 is 0 Å². The highest BCUT2D eigenvalue weighted by Crippen LogP contribution is 2.25. The largest absolute Gasteiger partial charge is 0.453 e. The summed E-state index contributed by atoms with van der Waals surface area (Å²) in [6.07, 6.45) is 0. The van der Waals surface area contributed by atoms with Gasteiger partial charge in [0.25, 0.3) is 0 Å². The van der Waals surface area contributed by atoms with E-state index in [1.165, 1.54) is 0 Å². The smallest absolute Gasteiger partial charge is 0.239 e. The minimum absolute atomic E-state index is 0.213. The molecule has 3 aromatic rings. The minimum atomic E-state index is 0.213. The van der Waals surface area contributed by atoms with Gasteiger partial charge in [-0.3, -0.25) is 5.10 Å². The lowest BCUT2D eigenvalue weighted by molar-refractivity contribution is 0.625. The lowest BCUT2D eigenvalue weighted by Gasteiger charge is -1.85. The Morgan fingerprint density at radius 2 is 2.13 bits per heavy atom. The van der Waals surface area contributed by atoms with E-state index in [1.807, 2.05) is 30.3 Å². The van der Waals surface area contributed by atoms with E-state index in [2.05, 4.69) is 15.2 Å². The van der Waals surface area contributed by atoms with Gasteiger partial charge in [0.1, 0.15) is 5.58 Å². The topological polar surface area (TPSA) is 80.7 Å². The van der Waals surface area contributed by atoms with E-state index in [1.54, 1.807) is 0 Å². The molecule has 2 heterocycles. The molecular formula is C10H8N4O. The molecule has 0 radical (unpaired) electrons. The Morgan fingerprint density at radius 1 is 1.27 bits per heavy atom. The Labute approximate surface area is 84.9 Å². The van der Waals surface area contributed by atoms with E-state index in [0.717, 1.165) is 11.0 Å². The molecular weight excluding hydrogens is 192 g/mol. The predicted molar refractivity (Wildman–Crippen MR) is 56.0 cm³/mol. The van der Waals surface area contributed by atoms with Gasteiger partial charge in [0.2, 0.25) is 5.95 Å². The highest BCUT2D eigenvalue weighted by Gasteiger charge is 2.08. The van der Waals surface area contributed by atoms with Crippen LogP contribution in [0.4, 0.5) is 5.95 Å². The normalized spacial score (nSPS) is 10.9. The van der Waals surface area contributed by atoms with Gasteiger partial charge >= 0.3 is 0 Å². The second kappa shape index (κ2) is 2.84. The zero-order chi connectivity index (χ0) is 10.3. The van der Waals surface area contributed by atoms with Crippen LogP contribution < -0.4 is 5.73 Å². The van der Waals surface area contributed by atoms with Crippen LogP contribution in [-0.4, -0.2) is 15.2 Å². The Kier molecular flexibility index (Phi) is 1.53. The molecule has 3 N–H and O–H groups in total. The van der Waals surface area contributed by atoms with E-state index in [4.69, 9.17) is 10.2 Å². The van der Waals surface area contributed by atoms with Crippen LogP contribution in [0.3, 0.4) is 0 Å². The van der Waals surface area contributed by atoms with Gasteiger partial charge in [-0.25, -0.2) is 0 Å². The summed E-state index contributed by atoms with van der Waals surface area (Å²) in [7, 11) is 0. The summed E-state index contributed by atoms with van der Waals surface area (Å²) in [5.74, 6) is 1.40. The maximum absolute atomic E-state index is 5.58. The van der Waals surface area contributed by atoms with Crippen molar-refractivity contribution in [3.63, 3.8) is 0 Å². The fourth-order valence-electron chi connectivity index (χ4n) is 1.48. The van der Waals surface area contributed by atoms with Crippen LogP contribution >= 0.6 is 0 Å². The molecule has 0 aliphatic rings. The number of para-hydroxylation sites is 1. The van der Waals surface area contributed by atoms with Gasteiger partial charge in [-0.15, -0.1) is 5.10 Å². The van der Waals surface area contributed by atoms with Crippen molar-refractivity contribution in [2.45, 2.75) is 0 Å². The molecule has 74 valence electrons. The van der Waals surface area contributed by atoms with Crippen molar-refractivity contribution in [1.82, 2.24) is 15.2 Å². The number of hydrogen-bond donors (Lipinski definition) is 2. The van der Waals surface area contributed by atoms with Crippen molar-refractivity contribution in [1.29, 1.82) is 0 Å². The molecule has 0 saturated heterocycles. The number of nitrogen functional groups attached to an aromatic ring is 1. The van der Waals surface area contributed by atoms with Gasteiger partial charge in [0.05, 0.1) is 0 Å². The molecule has 0 bridgehead atoms. The first-order valence-electron chi connectivity index (χ1n) is 4.50. The molecule has 3 rings (SSSR count). The van der Waals surface area contributed by atoms with Crippen LogP contribution in [0.2, 0.25) is 0 Å². The quantitative estimate of drug-likeness (QED) is 0.627. The zero-order valence-corrected chi connectivity index (χ0v) is 7.77. The van der Waals surface area contributed by atoms with Crippen LogP contribution in [0.5, 0.6) is 0 Å². The molecule has 0 spiro atoms. The van der Waals surface area contributed by atoms with Crippen molar-refractivity contribution >= 4 is 16.9 Å². The number of H-pyrrole nitrogens is 1. The third kappa shape index (κ3) is 1.25. The van der Waals surface area contributed by atoms with Crippen molar-refractivity contribution < 1.29 is 4.42 Å². The summed E-state index contributed by atoms with van der Waals surface area (Å²) in [4.78, 5) is 3.99. The molecule has 1 aromatic carbocycles. The molecule has 5 nitrogen and oxygen atoms in total. The fourth-order valence-corrected chi connectivity index (χ4v) is 1.48. The average molecular weight is 200 g/mol. The lowest BCUT2D eigenvalue weighted by Crippen LogP contribution is -1.85. The minimum Gasteiger partial charge on any atom is -0.453 e. The van der Waals surface area contributed by atoms with Crippen molar-refractivity contribution in [2.75, 3.05) is 5.73 Å².